The van der Waals surface area contributed by atoms with Gasteiger partial charge in [0.15, 0.2) is 0 Å². The lowest BCUT2D eigenvalue weighted by Crippen LogP contribution is -2.48. The van der Waals surface area contributed by atoms with Crippen LogP contribution in [-0.4, -0.2) is 66.8 Å². The van der Waals surface area contributed by atoms with E-state index < -0.39 is 12.8 Å². The lowest BCUT2D eigenvalue weighted by Gasteiger charge is -2.34. The van der Waals surface area contributed by atoms with Crippen LogP contribution in [0, 0.1) is 0 Å². The van der Waals surface area contributed by atoms with Crippen LogP contribution in [0.1, 0.15) is 32.6 Å². The first-order valence-corrected chi connectivity index (χ1v) is 7.54. The van der Waals surface area contributed by atoms with Crippen molar-refractivity contribution in [2.45, 2.75) is 50.9 Å². The van der Waals surface area contributed by atoms with Crippen molar-refractivity contribution in [3.63, 3.8) is 0 Å². The van der Waals surface area contributed by atoms with Crippen molar-refractivity contribution in [1.82, 2.24) is 9.80 Å². The number of carbonyl (C=O) groups is 1. The number of alkyl halides is 3. The van der Waals surface area contributed by atoms with Gasteiger partial charge >= 0.3 is 6.18 Å². The fraction of sp³-hybridized carbons (Fsp3) is 0.929. The second-order valence-electron chi connectivity index (χ2n) is 5.84. The van der Waals surface area contributed by atoms with Crippen molar-refractivity contribution in [3.05, 3.63) is 0 Å². The first kappa shape index (κ1) is 16.5. The molecule has 0 unspecified atom stereocenters. The van der Waals surface area contributed by atoms with Gasteiger partial charge in [-0.05, 0) is 32.2 Å². The summed E-state index contributed by atoms with van der Waals surface area (Å²) in [6, 6.07) is 0.485. The molecule has 0 aromatic rings. The number of amides is 1. The fourth-order valence-corrected chi connectivity index (χ4v) is 3.52. The SMILES string of the molecule is CC(=O)N1CCC[C@@H]1[C@H]1CCCN1CCOCC(F)(F)F. The Balaban J connectivity index is 1.81. The summed E-state index contributed by atoms with van der Waals surface area (Å²) in [6.07, 6.45) is -0.218. The number of carbonyl (C=O) groups excluding carboxylic acids is 1. The van der Waals surface area contributed by atoms with Gasteiger partial charge < -0.3 is 9.64 Å². The van der Waals surface area contributed by atoms with E-state index in [1.807, 2.05) is 4.90 Å². The molecule has 1 amide bonds. The summed E-state index contributed by atoms with van der Waals surface area (Å²) in [4.78, 5) is 15.7. The Bertz CT molecular complexity index is 363. The van der Waals surface area contributed by atoms with Crippen LogP contribution < -0.4 is 0 Å². The summed E-state index contributed by atoms with van der Waals surface area (Å²) in [5.74, 6) is 0.0951. The van der Waals surface area contributed by atoms with E-state index >= 15 is 0 Å². The Morgan fingerprint density at radius 2 is 1.86 bits per heavy atom. The molecule has 2 saturated heterocycles. The smallest absolute Gasteiger partial charge is 0.371 e. The molecule has 2 rings (SSSR count). The number of rotatable bonds is 5. The van der Waals surface area contributed by atoms with E-state index in [4.69, 9.17) is 4.74 Å². The highest BCUT2D eigenvalue weighted by atomic mass is 19.4. The first-order chi connectivity index (χ1) is 9.88. The van der Waals surface area contributed by atoms with E-state index in [-0.39, 0.29) is 24.6 Å². The minimum Gasteiger partial charge on any atom is -0.371 e. The lowest BCUT2D eigenvalue weighted by atomic mass is 10.0. The molecule has 0 bridgehead atoms. The molecule has 0 radical (unpaired) electrons. The van der Waals surface area contributed by atoms with Crippen LogP contribution in [0.4, 0.5) is 13.2 Å². The zero-order valence-corrected chi connectivity index (χ0v) is 12.4. The average Bonchev–Trinajstić information content (AvgIpc) is 3.01. The topological polar surface area (TPSA) is 32.8 Å². The van der Waals surface area contributed by atoms with Crippen molar-refractivity contribution in [3.8, 4) is 0 Å². The number of likely N-dealkylation sites (tertiary alicyclic amines) is 2. The normalized spacial score (nSPS) is 27.5. The minimum absolute atomic E-state index is 0.0861. The molecular weight excluding hydrogens is 285 g/mol. The highest BCUT2D eigenvalue weighted by Gasteiger charge is 2.38. The molecule has 0 aromatic heterocycles. The van der Waals surface area contributed by atoms with Gasteiger partial charge in [0.05, 0.1) is 6.61 Å². The van der Waals surface area contributed by atoms with Crippen LogP contribution in [0.15, 0.2) is 0 Å². The van der Waals surface area contributed by atoms with E-state index in [9.17, 15) is 18.0 Å². The molecule has 2 fully saturated rings. The molecule has 0 N–H and O–H groups in total. The van der Waals surface area contributed by atoms with Crippen molar-refractivity contribution in [2.75, 3.05) is 32.8 Å². The Morgan fingerprint density at radius 3 is 2.52 bits per heavy atom. The van der Waals surface area contributed by atoms with Gasteiger partial charge in [0.1, 0.15) is 6.61 Å². The summed E-state index contributed by atoms with van der Waals surface area (Å²) >= 11 is 0. The Morgan fingerprint density at radius 1 is 1.19 bits per heavy atom. The third-order valence-corrected chi connectivity index (χ3v) is 4.35. The van der Waals surface area contributed by atoms with E-state index in [1.165, 1.54) is 0 Å². The number of halogens is 3. The summed E-state index contributed by atoms with van der Waals surface area (Å²) in [5.41, 5.74) is 0. The summed E-state index contributed by atoms with van der Waals surface area (Å²) < 4.78 is 40.8. The third kappa shape index (κ3) is 4.57. The minimum atomic E-state index is -4.26. The van der Waals surface area contributed by atoms with Crippen LogP contribution in [0.2, 0.25) is 0 Å². The molecule has 122 valence electrons. The van der Waals surface area contributed by atoms with E-state index in [0.29, 0.717) is 6.54 Å². The third-order valence-electron chi connectivity index (χ3n) is 4.35. The summed E-state index contributed by atoms with van der Waals surface area (Å²) in [5, 5.41) is 0. The molecule has 7 heteroatoms. The Kier molecular flexibility index (Phi) is 5.48. The van der Waals surface area contributed by atoms with Crippen LogP contribution in [0.5, 0.6) is 0 Å². The maximum absolute atomic E-state index is 12.0. The molecule has 2 aliphatic rings. The predicted molar refractivity (Wildman–Crippen MR) is 71.9 cm³/mol. The monoisotopic (exact) mass is 308 g/mol. The molecule has 0 aromatic carbocycles. The Labute approximate surface area is 123 Å². The van der Waals surface area contributed by atoms with Crippen molar-refractivity contribution >= 4 is 5.91 Å². The zero-order valence-electron chi connectivity index (χ0n) is 12.4. The number of ether oxygens (including phenoxy) is 1. The Hall–Kier alpha value is -0.820. The molecule has 21 heavy (non-hydrogen) atoms. The van der Waals surface area contributed by atoms with Gasteiger partial charge in [-0.25, -0.2) is 0 Å². The van der Waals surface area contributed by atoms with Gasteiger partial charge in [-0.3, -0.25) is 9.69 Å². The molecule has 0 spiro atoms. The number of hydrogen-bond donors (Lipinski definition) is 0. The van der Waals surface area contributed by atoms with Crippen molar-refractivity contribution < 1.29 is 22.7 Å². The zero-order chi connectivity index (χ0) is 15.5. The standard InChI is InChI=1S/C14H23F3N2O2/c1-11(20)19-7-3-5-13(19)12-4-2-6-18(12)8-9-21-10-14(15,16)17/h12-13H,2-10H2,1H3/t12-,13-/m1/s1. The molecule has 0 aliphatic carbocycles. The lowest BCUT2D eigenvalue weighted by molar-refractivity contribution is -0.174. The fourth-order valence-electron chi connectivity index (χ4n) is 3.52. The number of hydrogen-bond acceptors (Lipinski definition) is 3. The first-order valence-electron chi connectivity index (χ1n) is 7.54. The maximum Gasteiger partial charge on any atom is 0.411 e. The van der Waals surface area contributed by atoms with E-state index in [0.717, 1.165) is 38.8 Å². The largest absolute Gasteiger partial charge is 0.411 e. The van der Waals surface area contributed by atoms with Gasteiger partial charge in [0.2, 0.25) is 5.91 Å². The van der Waals surface area contributed by atoms with Crippen LogP contribution in [0.25, 0.3) is 0 Å². The van der Waals surface area contributed by atoms with Crippen LogP contribution in [-0.2, 0) is 9.53 Å². The van der Waals surface area contributed by atoms with Gasteiger partial charge in [0.25, 0.3) is 0 Å². The molecule has 0 saturated carbocycles. The molecular formula is C14H23F3N2O2. The molecule has 2 aliphatic heterocycles. The van der Waals surface area contributed by atoms with Gasteiger partial charge in [-0.15, -0.1) is 0 Å². The predicted octanol–water partition coefficient (Wildman–Crippen LogP) is 2.04. The quantitative estimate of drug-likeness (QED) is 0.729. The highest BCUT2D eigenvalue weighted by molar-refractivity contribution is 5.74. The van der Waals surface area contributed by atoms with Crippen LogP contribution >= 0.6 is 0 Å². The average molecular weight is 308 g/mol. The summed E-state index contributed by atoms with van der Waals surface area (Å²) in [6.45, 7) is 2.67. The van der Waals surface area contributed by atoms with E-state index in [1.54, 1.807) is 6.92 Å². The van der Waals surface area contributed by atoms with Crippen molar-refractivity contribution in [2.24, 2.45) is 0 Å². The summed E-state index contributed by atoms with van der Waals surface area (Å²) in [7, 11) is 0. The maximum atomic E-state index is 12.0. The van der Waals surface area contributed by atoms with Crippen molar-refractivity contribution in [1.29, 1.82) is 0 Å². The molecule has 2 atom stereocenters. The highest BCUT2D eigenvalue weighted by Crippen LogP contribution is 2.29. The van der Waals surface area contributed by atoms with E-state index in [2.05, 4.69) is 4.90 Å². The van der Waals surface area contributed by atoms with Gasteiger partial charge in [0, 0.05) is 32.1 Å². The second-order valence-corrected chi connectivity index (χ2v) is 5.84. The van der Waals surface area contributed by atoms with Gasteiger partial charge in [-0.1, -0.05) is 0 Å². The second kappa shape index (κ2) is 6.96. The molecule has 2 heterocycles. The van der Waals surface area contributed by atoms with Gasteiger partial charge in [-0.2, -0.15) is 13.2 Å². The number of nitrogens with zero attached hydrogens (tertiary/aromatic N) is 2. The molecule has 4 nitrogen and oxygen atoms in total. The van der Waals surface area contributed by atoms with Crippen LogP contribution in [0.3, 0.4) is 0 Å².